The summed E-state index contributed by atoms with van der Waals surface area (Å²) in [7, 11) is 1.65. The van der Waals surface area contributed by atoms with Crippen molar-refractivity contribution in [3.8, 4) is 0 Å². The summed E-state index contributed by atoms with van der Waals surface area (Å²) in [5, 5.41) is 8.74. The van der Waals surface area contributed by atoms with Gasteiger partial charge in [0.1, 0.15) is 0 Å². The minimum absolute atomic E-state index is 0.107. The van der Waals surface area contributed by atoms with Crippen molar-refractivity contribution in [1.29, 1.82) is 0 Å². The van der Waals surface area contributed by atoms with Crippen LogP contribution >= 0.6 is 0 Å². The van der Waals surface area contributed by atoms with Gasteiger partial charge in [-0.3, -0.25) is 9.69 Å². The zero-order valence-electron chi connectivity index (χ0n) is 9.32. The Labute approximate surface area is 85.9 Å². The first-order valence-corrected chi connectivity index (χ1v) is 5.10. The van der Waals surface area contributed by atoms with E-state index in [1.807, 2.05) is 18.7 Å². The summed E-state index contributed by atoms with van der Waals surface area (Å²) in [6, 6.07) is 0.219. The molecule has 0 aromatic carbocycles. The van der Waals surface area contributed by atoms with Crippen LogP contribution in [0, 0.1) is 0 Å². The van der Waals surface area contributed by atoms with E-state index in [1.54, 1.807) is 7.11 Å². The lowest BCUT2D eigenvalue weighted by molar-refractivity contribution is -0.139. The fourth-order valence-corrected chi connectivity index (χ4v) is 1.53. The van der Waals surface area contributed by atoms with Gasteiger partial charge in [0.25, 0.3) is 0 Å². The summed E-state index contributed by atoms with van der Waals surface area (Å²) in [6.45, 7) is 5.62. The molecule has 1 atom stereocenters. The molecule has 4 heteroatoms. The Kier molecular flexibility index (Phi) is 7.42. The number of rotatable bonds is 8. The lowest BCUT2D eigenvalue weighted by Crippen LogP contribution is -2.41. The van der Waals surface area contributed by atoms with Gasteiger partial charge in [0, 0.05) is 13.2 Å². The smallest absolute Gasteiger partial charge is 0.317 e. The lowest BCUT2D eigenvalue weighted by Gasteiger charge is -2.28. The van der Waals surface area contributed by atoms with E-state index < -0.39 is 5.97 Å². The van der Waals surface area contributed by atoms with E-state index >= 15 is 0 Å². The minimum Gasteiger partial charge on any atom is -0.480 e. The summed E-state index contributed by atoms with van der Waals surface area (Å²) < 4.78 is 5.07. The summed E-state index contributed by atoms with van der Waals surface area (Å²) >= 11 is 0. The van der Waals surface area contributed by atoms with Crippen LogP contribution in [0.3, 0.4) is 0 Å². The fourth-order valence-electron chi connectivity index (χ4n) is 1.53. The van der Waals surface area contributed by atoms with Crippen molar-refractivity contribution in [3.05, 3.63) is 0 Å². The second-order valence-electron chi connectivity index (χ2n) is 3.38. The van der Waals surface area contributed by atoms with Crippen molar-refractivity contribution in [2.24, 2.45) is 0 Å². The van der Waals surface area contributed by atoms with Gasteiger partial charge in [-0.1, -0.05) is 13.8 Å². The topological polar surface area (TPSA) is 49.8 Å². The molecule has 84 valence electrons. The van der Waals surface area contributed by atoms with E-state index in [1.165, 1.54) is 0 Å². The number of carbonyl (C=O) groups is 1. The Balaban J connectivity index is 4.18. The van der Waals surface area contributed by atoms with E-state index in [4.69, 9.17) is 9.84 Å². The van der Waals surface area contributed by atoms with Gasteiger partial charge < -0.3 is 9.84 Å². The first-order valence-electron chi connectivity index (χ1n) is 5.10. The molecule has 0 heterocycles. The Morgan fingerprint density at radius 3 is 2.50 bits per heavy atom. The van der Waals surface area contributed by atoms with Gasteiger partial charge in [0.2, 0.25) is 0 Å². The summed E-state index contributed by atoms with van der Waals surface area (Å²) in [4.78, 5) is 12.6. The maximum absolute atomic E-state index is 10.6. The van der Waals surface area contributed by atoms with Gasteiger partial charge in [0.15, 0.2) is 0 Å². The zero-order valence-corrected chi connectivity index (χ0v) is 9.32. The molecule has 4 nitrogen and oxygen atoms in total. The fraction of sp³-hybridized carbons (Fsp3) is 0.900. The third-order valence-corrected chi connectivity index (χ3v) is 2.20. The molecule has 0 rings (SSSR count). The molecule has 0 fully saturated rings. The van der Waals surface area contributed by atoms with Crippen molar-refractivity contribution in [3.63, 3.8) is 0 Å². The highest BCUT2D eigenvalue weighted by molar-refractivity contribution is 5.69. The van der Waals surface area contributed by atoms with Gasteiger partial charge in [0.05, 0.1) is 13.2 Å². The molecule has 0 amide bonds. The van der Waals surface area contributed by atoms with E-state index in [2.05, 4.69) is 0 Å². The quantitative estimate of drug-likeness (QED) is 0.644. The number of ether oxygens (including phenoxy) is 1. The highest BCUT2D eigenvalue weighted by Crippen LogP contribution is 2.05. The lowest BCUT2D eigenvalue weighted by atomic mass is 10.2. The van der Waals surface area contributed by atoms with E-state index in [0.29, 0.717) is 6.61 Å². The van der Waals surface area contributed by atoms with Crippen LogP contribution in [0.1, 0.15) is 26.7 Å². The highest BCUT2D eigenvalue weighted by atomic mass is 16.5. The van der Waals surface area contributed by atoms with Gasteiger partial charge in [-0.05, 0) is 19.4 Å². The van der Waals surface area contributed by atoms with Gasteiger partial charge >= 0.3 is 5.97 Å². The number of carboxylic acids is 1. The van der Waals surface area contributed by atoms with Gasteiger partial charge in [-0.25, -0.2) is 0 Å². The van der Waals surface area contributed by atoms with Crippen molar-refractivity contribution in [2.75, 3.05) is 26.8 Å². The minimum atomic E-state index is -0.770. The second-order valence-corrected chi connectivity index (χ2v) is 3.38. The SMILES string of the molecule is CCCN(CC(=O)O)C(CC)COC. The largest absolute Gasteiger partial charge is 0.480 e. The molecule has 0 saturated carbocycles. The maximum Gasteiger partial charge on any atom is 0.317 e. The van der Waals surface area contributed by atoms with E-state index in [0.717, 1.165) is 19.4 Å². The summed E-state index contributed by atoms with van der Waals surface area (Å²) in [5.74, 6) is -0.770. The van der Waals surface area contributed by atoms with E-state index in [9.17, 15) is 4.79 Å². The zero-order chi connectivity index (χ0) is 11.0. The highest BCUT2D eigenvalue weighted by Gasteiger charge is 2.18. The Hall–Kier alpha value is -0.610. The number of methoxy groups -OCH3 is 1. The van der Waals surface area contributed by atoms with Crippen LogP contribution in [0.5, 0.6) is 0 Å². The molecule has 0 aliphatic heterocycles. The molecule has 1 unspecified atom stereocenters. The number of aliphatic carboxylic acids is 1. The molecular weight excluding hydrogens is 182 g/mol. The van der Waals surface area contributed by atoms with Crippen LogP contribution in [-0.4, -0.2) is 48.8 Å². The molecule has 0 aromatic heterocycles. The number of hydrogen-bond acceptors (Lipinski definition) is 3. The first kappa shape index (κ1) is 13.4. The molecule has 0 aliphatic carbocycles. The van der Waals surface area contributed by atoms with Crippen molar-refractivity contribution in [2.45, 2.75) is 32.7 Å². The summed E-state index contributed by atoms with van der Waals surface area (Å²) in [5.41, 5.74) is 0. The third kappa shape index (κ3) is 5.19. The molecule has 0 spiro atoms. The summed E-state index contributed by atoms with van der Waals surface area (Å²) in [6.07, 6.45) is 1.88. The van der Waals surface area contributed by atoms with E-state index in [-0.39, 0.29) is 12.6 Å². The molecule has 0 radical (unpaired) electrons. The van der Waals surface area contributed by atoms with Crippen LogP contribution in [0.15, 0.2) is 0 Å². The standard InChI is InChI=1S/C10H21NO3/c1-4-6-11(7-10(12)13)9(5-2)8-14-3/h9H,4-8H2,1-3H3,(H,12,13). The molecular formula is C10H21NO3. The van der Waals surface area contributed by atoms with Crippen molar-refractivity contribution >= 4 is 5.97 Å². The molecule has 14 heavy (non-hydrogen) atoms. The predicted octanol–water partition coefficient (Wildman–Crippen LogP) is 1.21. The van der Waals surface area contributed by atoms with Crippen molar-refractivity contribution < 1.29 is 14.6 Å². The number of carboxylic acid groups (broad SMARTS) is 1. The Morgan fingerprint density at radius 1 is 1.50 bits per heavy atom. The Morgan fingerprint density at radius 2 is 2.14 bits per heavy atom. The molecule has 0 bridgehead atoms. The van der Waals surface area contributed by atoms with Gasteiger partial charge in [-0.2, -0.15) is 0 Å². The van der Waals surface area contributed by atoms with Gasteiger partial charge in [-0.15, -0.1) is 0 Å². The first-order chi connectivity index (χ1) is 6.65. The molecule has 0 aromatic rings. The molecule has 0 aliphatic rings. The normalized spacial score (nSPS) is 13.1. The third-order valence-electron chi connectivity index (χ3n) is 2.20. The predicted molar refractivity (Wildman–Crippen MR) is 55.5 cm³/mol. The van der Waals surface area contributed by atoms with Crippen molar-refractivity contribution in [1.82, 2.24) is 4.90 Å². The van der Waals surface area contributed by atoms with Crippen LogP contribution in [0.4, 0.5) is 0 Å². The molecule has 1 N–H and O–H groups in total. The van der Waals surface area contributed by atoms with Crippen LogP contribution < -0.4 is 0 Å². The second kappa shape index (κ2) is 7.76. The average molecular weight is 203 g/mol. The molecule has 0 saturated heterocycles. The maximum atomic E-state index is 10.6. The number of hydrogen-bond donors (Lipinski definition) is 1. The average Bonchev–Trinajstić information content (AvgIpc) is 2.13. The van der Waals surface area contributed by atoms with Crippen LogP contribution in [-0.2, 0) is 9.53 Å². The van der Waals surface area contributed by atoms with Crippen LogP contribution in [0.2, 0.25) is 0 Å². The van der Waals surface area contributed by atoms with Crippen LogP contribution in [0.25, 0.3) is 0 Å². The number of nitrogens with zero attached hydrogens (tertiary/aromatic N) is 1. The Bertz CT molecular complexity index is 161. The monoisotopic (exact) mass is 203 g/mol.